The molecule has 0 saturated carbocycles. The van der Waals surface area contributed by atoms with Gasteiger partial charge in [0.2, 0.25) is 0 Å². The van der Waals surface area contributed by atoms with Crippen molar-refractivity contribution in [2.75, 3.05) is 13.1 Å². The smallest absolute Gasteiger partial charge is 0.0355 e. The standard InChI is InChI=1S/C15H18N2/c1-11-6-15(10-17-8-11)12-2-3-14-9-16-5-4-13(14)7-12/h2-3,6-7,10,16-17H,4-5,8-9H2,1H3. The van der Waals surface area contributed by atoms with Gasteiger partial charge in [-0.25, -0.2) is 0 Å². The quantitative estimate of drug-likeness (QED) is 0.767. The van der Waals surface area contributed by atoms with Gasteiger partial charge in [0.05, 0.1) is 0 Å². The van der Waals surface area contributed by atoms with Gasteiger partial charge in [-0.1, -0.05) is 29.8 Å². The van der Waals surface area contributed by atoms with Crippen molar-refractivity contribution in [1.29, 1.82) is 0 Å². The van der Waals surface area contributed by atoms with Gasteiger partial charge in [-0.2, -0.15) is 0 Å². The summed E-state index contributed by atoms with van der Waals surface area (Å²) in [6.07, 6.45) is 5.54. The summed E-state index contributed by atoms with van der Waals surface area (Å²) in [6.45, 7) is 5.26. The molecule has 0 atom stereocenters. The minimum absolute atomic E-state index is 0.971. The van der Waals surface area contributed by atoms with Crippen molar-refractivity contribution in [3.63, 3.8) is 0 Å². The number of hydrogen-bond donors (Lipinski definition) is 2. The highest BCUT2D eigenvalue weighted by Crippen LogP contribution is 2.23. The van der Waals surface area contributed by atoms with Crippen LogP contribution in [0.25, 0.3) is 5.57 Å². The molecule has 3 rings (SSSR count). The molecule has 0 fully saturated rings. The predicted molar refractivity (Wildman–Crippen MR) is 71.6 cm³/mol. The summed E-state index contributed by atoms with van der Waals surface area (Å²) in [5.74, 6) is 0. The van der Waals surface area contributed by atoms with Crippen LogP contribution in [0.15, 0.2) is 36.0 Å². The van der Waals surface area contributed by atoms with Gasteiger partial charge in [-0.15, -0.1) is 0 Å². The maximum atomic E-state index is 3.41. The Balaban J connectivity index is 1.96. The van der Waals surface area contributed by atoms with Gasteiger partial charge in [-0.05, 0) is 42.2 Å². The summed E-state index contributed by atoms with van der Waals surface area (Å²) in [5, 5.41) is 6.73. The number of hydrogen-bond acceptors (Lipinski definition) is 2. The first-order valence-electron chi connectivity index (χ1n) is 6.26. The fraction of sp³-hybridized carbons (Fsp3) is 0.333. The molecule has 2 N–H and O–H groups in total. The van der Waals surface area contributed by atoms with Crippen LogP contribution in [0.3, 0.4) is 0 Å². The van der Waals surface area contributed by atoms with Crippen LogP contribution in [0.5, 0.6) is 0 Å². The van der Waals surface area contributed by atoms with Gasteiger partial charge in [-0.3, -0.25) is 0 Å². The zero-order chi connectivity index (χ0) is 11.7. The second-order valence-corrected chi connectivity index (χ2v) is 4.88. The summed E-state index contributed by atoms with van der Waals surface area (Å²) >= 11 is 0. The van der Waals surface area contributed by atoms with Crippen LogP contribution in [0, 0.1) is 0 Å². The summed E-state index contributed by atoms with van der Waals surface area (Å²) in [7, 11) is 0. The monoisotopic (exact) mass is 226 g/mol. The van der Waals surface area contributed by atoms with Crippen molar-refractivity contribution in [3.05, 3.63) is 52.7 Å². The summed E-state index contributed by atoms with van der Waals surface area (Å²) in [6, 6.07) is 6.84. The molecule has 0 saturated heterocycles. The average molecular weight is 226 g/mol. The van der Waals surface area contributed by atoms with E-state index in [0.29, 0.717) is 0 Å². The molecule has 0 bridgehead atoms. The van der Waals surface area contributed by atoms with Gasteiger partial charge in [0.25, 0.3) is 0 Å². The lowest BCUT2D eigenvalue weighted by atomic mass is 9.94. The van der Waals surface area contributed by atoms with E-state index in [1.165, 1.54) is 27.8 Å². The Morgan fingerprint density at radius 3 is 2.94 bits per heavy atom. The third-order valence-corrected chi connectivity index (χ3v) is 3.47. The van der Waals surface area contributed by atoms with Crippen LogP contribution in [-0.4, -0.2) is 13.1 Å². The molecule has 0 amide bonds. The predicted octanol–water partition coefficient (Wildman–Crippen LogP) is 2.22. The van der Waals surface area contributed by atoms with E-state index in [1.54, 1.807) is 0 Å². The van der Waals surface area contributed by atoms with Crippen LogP contribution >= 0.6 is 0 Å². The normalized spacial score (nSPS) is 18.9. The lowest BCUT2D eigenvalue weighted by molar-refractivity contribution is 0.643. The highest BCUT2D eigenvalue weighted by Gasteiger charge is 2.11. The van der Waals surface area contributed by atoms with Crippen molar-refractivity contribution in [2.45, 2.75) is 19.9 Å². The second kappa shape index (κ2) is 4.38. The third-order valence-electron chi connectivity index (χ3n) is 3.47. The fourth-order valence-corrected chi connectivity index (χ4v) is 2.50. The van der Waals surface area contributed by atoms with Crippen molar-refractivity contribution in [2.24, 2.45) is 0 Å². The van der Waals surface area contributed by atoms with Crippen molar-refractivity contribution in [3.8, 4) is 0 Å². The van der Waals surface area contributed by atoms with Crippen LogP contribution in [0.1, 0.15) is 23.6 Å². The summed E-state index contributed by atoms with van der Waals surface area (Å²) in [4.78, 5) is 0. The Hall–Kier alpha value is -1.54. The molecule has 2 heterocycles. The SMILES string of the molecule is CC1=CC(c2ccc3c(c2)CCNC3)=CNC1. The Bertz CT molecular complexity index is 498. The molecule has 2 heteroatoms. The first kappa shape index (κ1) is 10.6. The highest BCUT2D eigenvalue weighted by atomic mass is 14.9. The van der Waals surface area contributed by atoms with Crippen LogP contribution < -0.4 is 10.6 Å². The van der Waals surface area contributed by atoms with E-state index < -0.39 is 0 Å². The molecular formula is C15H18N2. The molecular weight excluding hydrogens is 208 g/mol. The molecule has 0 radical (unpaired) electrons. The summed E-state index contributed by atoms with van der Waals surface area (Å²) < 4.78 is 0. The van der Waals surface area contributed by atoms with Gasteiger partial charge in [0.1, 0.15) is 0 Å². The topological polar surface area (TPSA) is 24.1 Å². The number of fused-ring (bicyclic) bond motifs is 1. The molecule has 88 valence electrons. The average Bonchev–Trinajstić information content (AvgIpc) is 2.38. The molecule has 2 nitrogen and oxygen atoms in total. The lowest BCUT2D eigenvalue weighted by Crippen LogP contribution is -2.23. The maximum Gasteiger partial charge on any atom is 0.0355 e. The highest BCUT2D eigenvalue weighted by molar-refractivity contribution is 5.76. The Labute approximate surface area is 102 Å². The zero-order valence-electron chi connectivity index (χ0n) is 10.2. The number of benzene rings is 1. The maximum absolute atomic E-state index is 3.41. The molecule has 1 aromatic carbocycles. The van der Waals surface area contributed by atoms with Gasteiger partial charge in [0.15, 0.2) is 0 Å². The molecule has 2 aliphatic rings. The minimum atomic E-state index is 0.971. The van der Waals surface area contributed by atoms with E-state index in [-0.39, 0.29) is 0 Å². The first-order chi connectivity index (χ1) is 8.33. The number of dihydropyridines is 1. The largest absolute Gasteiger partial charge is 0.387 e. The molecule has 0 spiro atoms. The van der Waals surface area contributed by atoms with E-state index in [2.05, 4.69) is 48.0 Å². The van der Waals surface area contributed by atoms with E-state index in [9.17, 15) is 0 Å². The second-order valence-electron chi connectivity index (χ2n) is 4.88. The molecule has 2 aliphatic heterocycles. The Morgan fingerprint density at radius 2 is 2.06 bits per heavy atom. The summed E-state index contributed by atoms with van der Waals surface area (Å²) in [5.41, 5.74) is 6.97. The molecule has 0 aromatic heterocycles. The Morgan fingerprint density at radius 1 is 1.12 bits per heavy atom. The van der Waals surface area contributed by atoms with E-state index >= 15 is 0 Å². The third kappa shape index (κ3) is 2.13. The first-order valence-corrected chi connectivity index (χ1v) is 6.26. The Kier molecular flexibility index (Phi) is 2.73. The molecule has 0 unspecified atom stereocenters. The molecule has 1 aromatic rings. The van der Waals surface area contributed by atoms with Gasteiger partial charge >= 0.3 is 0 Å². The van der Waals surface area contributed by atoms with E-state index in [0.717, 1.165) is 26.1 Å². The van der Waals surface area contributed by atoms with Crippen molar-refractivity contribution < 1.29 is 0 Å². The van der Waals surface area contributed by atoms with Crippen LogP contribution in [0.4, 0.5) is 0 Å². The fourth-order valence-electron chi connectivity index (χ4n) is 2.50. The number of nitrogens with one attached hydrogen (secondary N) is 2. The van der Waals surface area contributed by atoms with Crippen molar-refractivity contribution in [1.82, 2.24) is 10.6 Å². The van der Waals surface area contributed by atoms with Crippen LogP contribution in [0.2, 0.25) is 0 Å². The van der Waals surface area contributed by atoms with Crippen LogP contribution in [-0.2, 0) is 13.0 Å². The molecule has 0 aliphatic carbocycles. The van der Waals surface area contributed by atoms with Gasteiger partial charge < -0.3 is 10.6 Å². The molecule has 17 heavy (non-hydrogen) atoms. The number of rotatable bonds is 1. The zero-order valence-corrected chi connectivity index (χ0v) is 10.2. The number of allylic oxidation sites excluding steroid dienone is 2. The minimum Gasteiger partial charge on any atom is -0.387 e. The van der Waals surface area contributed by atoms with E-state index in [1.807, 2.05) is 0 Å². The lowest BCUT2D eigenvalue weighted by Gasteiger charge is -2.19. The van der Waals surface area contributed by atoms with E-state index in [4.69, 9.17) is 0 Å². The van der Waals surface area contributed by atoms with Gasteiger partial charge in [0, 0.05) is 19.3 Å². The van der Waals surface area contributed by atoms with Crippen molar-refractivity contribution >= 4 is 5.57 Å².